The van der Waals surface area contributed by atoms with Gasteiger partial charge in [-0.05, 0) is 5.56 Å². The lowest BCUT2D eigenvalue weighted by Gasteiger charge is -2.23. The summed E-state index contributed by atoms with van der Waals surface area (Å²) in [5.74, 6) is -4.91. The number of aliphatic hydroxyl groups excluding tert-OH is 1. The number of aliphatic carboxylic acids is 1. The fraction of sp³-hybridized carbons (Fsp3) is 0.389. The number of primary amides is 1. The first-order valence-corrected chi connectivity index (χ1v) is 8.94. The predicted molar refractivity (Wildman–Crippen MR) is 104 cm³/mol. The van der Waals surface area contributed by atoms with E-state index in [2.05, 4.69) is 10.6 Å². The zero-order valence-electron chi connectivity index (χ0n) is 16.0. The molecule has 0 spiro atoms. The van der Waals surface area contributed by atoms with Gasteiger partial charge in [-0.3, -0.25) is 19.2 Å². The lowest BCUT2D eigenvalue weighted by molar-refractivity contribution is -0.144. The standard InChI is InChI=1S/C18H25N5O7/c19-8-15(26)21-11(6-10-4-2-1-3-5-10)16(27)23-13(9-24)17(28)22-12(18(29)30)7-14(20)25/h1-5,11-13,24H,6-9,19H2,(H2,20,25)(H,21,26)(H,22,28)(H,23,27)(H,29,30). The third-order valence-corrected chi connectivity index (χ3v) is 3.96. The summed E-state index contributed by atoms with van der Waals surface area (Å²) in [5, 5.41) is 25.2. The molecule has 4 amide bonds. The van der Waals surface area contributed by atoms with E-state index in [1.807, 2.05) is 5.32 Å². The Hall–Kier alpha value is -3.51. The van der Waals surface area contributed by atoms with Gasteiger partial charge in [-0.15, -0.1) is 0 Å². The van der Waals surface area contributed by atoms with E-state index in [9.17, 15) is 29.1 Å². The zero-order chi connectivity index (χ0) is 22.7. The Balaban J connectivity index is 2.89. The van der Waals surface area contributed by atoms with Gasteiger partial charge < -0.3 is 37.6 Å². The summed E-state index contributed by atoms with van der Waals surface area (Å²) in [7, 11) is 0. The molecule has 12 heteroatoms. The second-order valence-corrected chi connectivity index (χ2v) is 6.33. The molecule has 1 aromatic carbocycles. The van der Waals surface area contributed by atoms with Gasteiger partial charge >= 0.3 is 5.97 Å². The van der Waals surface area contributed by atoms with Crippen LogP contribution in [0.3, 0.4) is 0 Å². The maximum atomic E-state index is 12.6. The number of rotatable bonds is 12. The van der Waals surface area contributed by atoms with E-state index in [1.165, 1.54) is 0 Å². The lowest BCUT2D eigenvalue weighted by Crippen LogP contribution is -2.58. The van der Waals surface area contributed by atoms with Crippen molar-refractivity contribution in [3.8, 4) is 0 Å². The number of aliphatic hydroxyl groups is 1. The van der Waals surface area contributed by atoms with Gasteiger partial charge in [0.15, 0.2) is 0 Å². The largest absolute Gasteiger partial charge is 0.480 e. The molecule has 0 aliphatic rings. The van der Waals surface area contributed by atoms with E-state index in [4.69, 9.17) is 16.6 Å². The number of nitrogens with one attached hydrogen (secondary N) is 3. The van der Waals surface area contributed by atoms with Crippen molar-refractivity contribution in [1.82, 2.24) is 16.0 Å². The van der Waals surface area contributed by atoms with Crippen molar-refractivity contribution in [2.75, 3.05) is 13.2 Å². The van der Waals surface area contributed by atoms with Crippen LogP contribution in [0.1, 0.15) is 12.0 Å². The van der Waals surface area contributed by atoms with Gasteiger partial charge in [0.25, 0.3) is 0 Å². The maximum Gasteiger partial charge on any atom is 0.326 e. The van der Waals surface area contributed by atoms with Crippen LogP contribution in [0, 0.1) is 0 Å². The summed E-state index contributed by atoms with van der Waals surface area (Å²) in [6.07, 6.45) is -0.589. The van der Waals surface area contributed by atoms with E-state index in [0.717, 1.165) is 0 Å². The summed E-state index contributed by atoms with van der Waals surface area (Å²) in [6.45, 7) is -1.22. The summed E-state index contributed by atoms with van der Waals surface area (Å²) in [6, 6.07) is 4.45. The van der Waals surface area contributed by atoms with Crippen LogP contribution in [0.4, 0.5) is 0 Å². The quantitative estimate of drug-likeness (QED) is 0.179. The SMILES string of the molecule is NCC(=O)NC(Cc1ccccc1)C(=O)NC(CO)C(=O)NC(CC(N)=O)C(=O)O. The molecule has 12 nitrogen and oxygen atoms in total. The number of carboxylic acids is 1. The second kappa shape index (κ2) is 12.1. The Morgan fingerprint density at radius 3 is 1.97 bits per heavy atom. The highest BCUT2D eigenvalue weighted by Gasteiger charge is 2.29. The van der Waals surface area contributed by atoms with Crippen molar-refractivity contribution in [1.29, 1.82) is 0 Å². The third kappa shape index (κ3) is 8.24. The van der Waals surface area contributed by atoms with Crippen molar-refractivity contribution in [2.45, 2.75) is 31.0 Å². The lowest BCUT2D eigenvalue weighted by atomic mass is 10.0. The summed E-state index contributed by atoms with van der Waals surface area (Å²) >= 11 is 0. The smallest absolute Gasteiger partial charge is 0.326 e. The second-order valence-electron chi connectivity index (χ2n) is 6.33. The average molecular weight is 423 g/mol. The molecule has 0 bridgehead atoms. The van der Waals surface area contributed by atoms with Crippen LogP contribution in [0.2, 0.25) is 0 Å². The van der Waals surface area contributed by atoms with Gasteiger partial charge in [0.05, 0.1) is 19.6 Å². The molecule has 3 unspecified atom stereocenters. The van der Waals surface area contributed by atoms with Crippen LogP contribution in [-0.2, 0) is 30.4 Å². The molecule has 0 aromatic heterocycles. The van der Waals surface area contributed by atoms with Gasteiger partial charge in [0.2, 0.25) is 23.6 Å². The fourth-order valence-electron chi connectivity index (χ4n) is 2.45. The molecule has 9 N–H and O–H groups in total. The highest BCUT2D eigenvalue weighted by atomic mass is 16.4. The Kier molecular flexibility index (Phi) is 9.92. The van der Waals surface area contributed by atoms with Crippen molar-refractivity contribution in [3.05, 3.63) is 35.9 Å². The number of carboxylic acid groups (broad SMARTS) is 1. The molecule has 1 aromatic rings. The first kappa shape index (κ1) is 24.5. The minimum Gasteiger partial charge on any atom is -0.480 e. The number of hydrogen-bond donors (Lipinski definition) is 7. The Morgan fingerprint density at radius 2 is 1.47 bits per heavy atom. The first-order valence-electron chi connectivity index (χ1n) is 8.94. The minimum atomic E-state index is -1.63. The molecule has 0 heterocycles. The van der Waals surface area contributed by atoms with Crippen molar-refractivity contribution in [3.63, 3.8) is 0 Å². The minimum absolute atomic E-state index is 0.0810. The van der Waals surface area contributed by atoms with Gasteiger partial charge in [0, 0.05) is 6.42 Å². The van der Waals surface area contributed by atoms with Crippen molar-refractivity contribution < 1.29 is 34.2 Å². The number of hydrogen-bond acceptors (Lipinski definition) is 7. The van der Waals surface area contributed by atoms with E-state index in [1.54, 1.807) is 30.3 Å². The molecule has 3 atom stereocenters. The molecule has 0 saturated heterocycles. The van der Waals surface area contributed by atoms with Gasteiger partial charge in [0.1, 0.15) is 18.1 Å². The van der Waals surface area contributed by atoms with Crippen LogP contribution < -0.4 is 27.4 Å². The number of carbonyl (C=O) groups excluding carboxylic acids is 4. The van der Waals surface area contributed by atoms with Gasteiger partial charge in [-0.2, -0.15) is 0 Å². The summed E-state index contributed by atoms with van der Waals surface area (Å²) in [4.78, 5) is 58.6. The Bertz CT molecular complexity index is 771. The van der Waals surface area contributed by atoms with E-state index in [-0.39, 0.29) is 13.0 Å². The Labute approximate surface area is 172 Å². The predicted octanol–water partition coefficient (Wildman–Crippen LogP) is -3.41. The van der Waals surface area contributed by atoms with Crippen LogP contribution in [0.5, 0.6) is 0 Å². The van der Waals surface area contributed by atoms with E-state index in [0.29, 0.717) is 5.56 Å². The number of nitrogens with two attached hydrogens (primary N) is 2. The Morgan fingerprint density at radius 1 is 0.900 bits per heavy atom. The molecule has 0 aliphatic carbocycles. The summed E-state index contributed by atoms with van der Waals surface area (Å²) in [5.41, 5.74) is 10.9. The normalized spacial score (nSPS) is 13.4. The molecule has 0 radical (unpaired) electrons. The van der Waals surface area contributed by atoms with Crippen LogP contribution in [0.25, 0.3) is 0 Å². The van der Waals surface area contributed by atoms with Crippen molar-refractivity contribution >= 4 is 29.6 Å². The topological polar surface area (TPSA) is 214 Å². The monoisotopic (exact) mass is 423 g/mol. The van der Waals surface area contributed by atoms with Crippen LogP contribution >= 0.6 is 0 Å². The zero-order valence-corrected chi connectivity index (χ0v) is 16.0. The van der Waals surface area contributed by atoms with Gasteiger partial charge in [-0.25, -0.2) is 4.79 Å². The maximum absolute atomic E-state index is 12.6. The molecule has 0 saturated carbocycles. The molecule has 0 fully saturated rings. The highest BCUT2D eigenvalue weighted by Crippen LogP contribution is 2.04. The molecule has 0 aliphatic heterocycles. The van der Waals surface area contributed by atoms with Crippen molar-refractivity contribution in [2.24, 2.45) is 11.5 Å². The molecular formula is C18H25N5O7. The number of carbonyl (C=O) groups is 5. The van der Waals surface area contributed by atoms with Crippen LogP contribution in [0.15, 0.2) is 30.3 Å². The fourth-order valence-corrected chi connectivity index (χ4v) is 2.45. The van der Waals surface area contributed by atoms with Crippen LogP contribution in [-0.4, -0.2) is 71.1 Å². The van der Waals surface area contributed by atoms with Gasteiger partial charge in [-0.1, -0.05) is 30.3 Å². The average Bonchev–Trinajstić information content (AvgIpc) is 2.70. The third-order valence-electron chi connectivity index (χ3n) is 3.96. The summed E-state index contributed by atoms with van der Waals surface area (Å²) < 4.78 is 0. The molecule has 1 rings (SSSR count). The molecule has 164 valence electrons. The van der Waals surface area contributed by atoms with E-state index < -0.39 is 60.8 Å². The molecular weight excluding hydrogens is 398 g/mol. The first-order chi connectivity index (χ1) is 14.2. The number of benzene rings is 1. The van der Waals surface area contributed by atoms with E-state index >= 15 is 0 Å². The number of amides is 4. The molecule has 30 heavy (non-hydrogen) atoms. The highest BCUT2D eigenvalue weighted by molar-refractivity contribution is 5.94.